The summed E-state index contributed by atoms with van der Waals surface area (Å²) in [6.45, 7) is 2.63. The van der Waals surface area contributed by atoms with Crippen LogP contribution >= 0.6 is 22.3 Å². The molecule has 17 heteroatoms. The number of likely N-dealkylation sites (N-methyl/N-ethyl adjacent to an activating group) is 1. The average Bonchev–Trinajstić information content (AvgIpc) is 3.62. The maximum Gasteiger partial charge on any atom is 0.248 e. The van der Waals surface area contributed by atoms with Crippen molar-refractivity contribution in [2.45, 2.75) is 12.5 Å². The van der Waals surface area contributed by atoms with Gasteiger partial charge in [-0.25, -0.2) is 22.8 Å². The van der Waals surface area contributed by atoms with Gasteiger partial charge in [0.05, 0.1) is 61.6 Å². The fraction of sp³-hybridized carbons (Fsp3) is 0.361. The minimum atomic E-state index is -3.58. The highest BCUT2D eigenvalue weighted by atomic mass is 35.7. The molecule has 4 aromatic rings. The van der Waals surface area contributed by atoms with Crippen LogP contribution in [0.4, 0.5) is 21.6 Å². The lowest BCUT2D eigenvalue weighted by molar-refractivity contribution is -0.111. The van der Waals surface area contributed by atoms with Gasteiger partial charge in [-0.15, -0.1) is 0 Å². The second-order valence-corrected chi connectivity index (χ2v) is 15.4. The number of carbonyl (C=O) groups excluding carboxylic acids is 1. The largest absolute Gasteiger partial charge is 0.491 e. The third-order valence-electron chi connectivity index (χ3n) is 7.71. The van der Waals surface area contributed by atoms with Gasteiger partial charge in [-0.05, 0) is 50.0 Å². The molecule has 0 bridgehead atoms. The maximum absolute atomic E-state index is 15.4. The number of aromatic nitrogens is 2. The summed E-state index contributed by atoms with van der Waals surface area (Å²) < 4.78 is 65.2. The zero-order valence-corrected chi connectivity index (χ0v) is 31.5. The van der Waals surface area contributed by atoms with Crippen LogP contribution in [-0.4, -0.2) is 108 Å². The lowest BCUT2D eigenvalue weighted by atomic mass is 10.0. The molecule has 53 heavy (non-hydrogen) atoms. The van der Waals surface area contributed by atoms with Gasteiger partial charge in [-0.3, -0.25) is 4.79 Å². The van der Waals surface area contributed by atoms with Crippen LogP contribution in [0.1, 0.15) is 6.42 Å². The van der Waals surface area contributed by atoms with Crippen LogP contribution in [0, 0.1) is 5.82 Å². The predicted molar refractivity (Wildman–Crippen MR) is 203 cm³/mol. The number of fused-ring (bicyclic) bond motifs is 1. The van der Waals surface area contributed by atoms with Crippen LogP contribution in [0.2, 0.25) is 5.02 Å². The summed E-state index contributed by atoms with van der Waals surface area (Å²) in [5, 5.41) is 6.65. The lowest BCUT2D eigenvalue weighted by Crippen LogP contribution is -2.18. The third kappa shape index (κ3) is 12.5. The summed E-state index contributed by atoms with van der Waals surface area (Å²) in [5.74, 6) is 0.211. The van der Waals surface area contributed by atoms with Crippen LogP contribution in [0.25, 0.3) is 22.0 Å². The van der Waals surface area contributed by atoms with Crippen molar-refractivity contribution in [1.82, 2.24) is 14.9 Å². The minimum absolute atomic E-state index is 0.00812. The van der Waals surface area contributed by atoms with Gasteiger partial charge in [0.15, 0.2) is 0 Å². The first-order valence-corrected chi connectivity index (χ1v) is 19.5. The fourth-order valence-corrected chi connectivity index (χ4v) is 5.87. The molecule has 2 N–H and O–H groups in total. The monoisotopic (exact) mass is 791 g/mol. The van der Waals surface area contributed by atoms with Gasteiger partial charge in [0, 0.05) is 52.4 Å². The highest BCUT2D eigenvalue weighted by Gasteiger charge is 2.21. The van der Waals surface area contributed by atoms with E-state index in [1.807, 2.05) is 19.0 Å². The Morgan fingerprint density at radius 3 is 2.53 bits per heavy atom. The molecule has 1 amide bonds. The third-order valence-corrected chi connectivity index (χ3v) is 9.10. The molecule has 0 radical (unpaired) electrons. The fourth-order valence-electron chi connectivity index (χ4n) is 5.15. The number of amides is 1. The van der Waals surface area contributed by atoms with Crippen LogP contribution in [0.15, 0.2) is 67.0 Å². The van der Waals surface area contributed by atoms with Crippen molar-refractivity contribution in [2.24, 2.45) is 0 Å². The number of carbonyl (C=O) groups is 1. The van der Waals surface area contributed by atoms with Gasteiger partial charge in [0.1, 0.15) is 42.2 Å². The Bertz CT molecular complexity index is 2000. The van der Waals surface area contributed by atoms with Gasteiger partial charge in [0.25, 0.3) is 0 Å². The summed E-state index contributed by atoms with van der Waals surface area (Å²) in [4.78, 5) is 23.7. The first-order valence-electron chi connectivity index (χ1n) is 16.7. The predicted octanol–water partition coefficient (Wildman–Crippen LogP) is 6.04. The number of hydrogen-bond donors (Lipinski definition) is 2. The van der Waals surface area contributed by atoms with Crippen LogP contribution in [-0.2, 0) is 28.1 Å². The molecule has 1 fully saturated rings. The van der Waals surface area contributed by atoms with Gasteiger partial charge in [-0.1, -0.05) is 29.8 Å². The van der Waals surface area contributed by atoms with E-state index in [0.29, 0.717) is 64.9 Å². The van der Waals surface area contributed by atoms with Gasteiger partial charge >= 0.3 is 0 Å². The van der Waals surface area contributed by atoms with E-state index in [1.165, 1.54) is 18.5 Å². The number of nitrogens with zero attached hydrogens (tertiary/aromatic N) is 3. The van der Waals surface area contributed by atoms with E-state index in [9.17, 15) is 13.2 Å². The Labute approximate surface area is 316 Å². The first kappa shape index (κ1) is 40.1. The summed E-state index contributed by atoms with van der Waals surface area (Å²) in [6.07, 6.45) is 5.17. The highest BCUT2D eigenvalue weighted by Crippen LogP contribution is 2.37. The lowest BCUT2D eigenvalue weighted by Gasteiger charge is -2.18. The molecule has 1 atom stereocenters. The smallest absolute Gasteiger partial charge is 0.248 e. The van der Waals surface area contributed by atoms with Crippen LogP contribution in [0.5, 0.6) is 11.5 Å². The van der Waals surface area contributed by atoms with Crippen LogP contribution in [0.3, 0.4) is 0 Å². The molecule has 1 aromatic heterocycles. The molecule has 0 aliphatic carbocycles. The molecular weight excluding hydrogens is 752 g/mol. The molecule has 1 aliphatic heterocycles. The zero-order chi connectivity index (χ0) is 37.8. The van der Waals surface area contributed by atoms with Crippen molar-refractivity contribution in [3.8, 4) is 22.6 Å². The number of anilines is 3. The van der Waals surface area contributed by atoms with Crippen molar-refractivity contribution >= 4 is 65.3 Å². The Morgan fingerprint density at radius 1 is 1.06 bits per heavy atom. The minimum Gasteiger partial charge on any atom is -0.491 e. The maximum atomic E-state index is 15.4. The number of nitrogens with one attached hydrogen (secondary N) is 2. The molecule has 2 heterocycles. The Morgan fingerprint density at radius 2 is 1.81 bits per heavy atom. The highest BCUT2D eigenvalue weighted by molar-refractivity contribution is 8.13. The number of hydrogen-bond acceptors (Lipinski definition) is 12. The molecule has 0 saturated carbocycles. The second kappa shape index (κ2) is 19.3. The van der Waals surface area contributed by atoms with Gasteiger partial charge < -0.3 is 39.2 Å². The molecule has 1 saturated heterocycles. The van der Waals surface area contributed by atoms with E-state index in [-0.39, 0.29) is 61.4 Å². The second-order valence-electron chi connectivity index (χ2n) is 12.1. The zero-order valence-electron chi connectivity index (χ0n) is 29.1. The van der Waals surface area contributed by atoms with Crippen LogP contribution < -0.4 is 20.1 Å². The SMILES string of the molecule is CN(C)C/C=C/C(=O)Nc1cc2c(Nc3cc(Cl)c(F)c(-c4ccc(OCCOCCOCCS(=O)(=O)Cl)cc4)c3)ncnc2cc1OC1CCOC1. The van der Waals surface area contributed by atoms with Crippen molar-refractivity contribution in [3.05, 3.63) is 77.9 Å². The number of halogens is 3. The average molecular weight is 793 g/mol. The summed E-state index contributed by atoms with van der Waals surface area (Å²) in [6, 6.07) is 13.4. The van der Waals surface area contributed by atoms with E-state index in [2.05, 4.69) is 20.6 Å². The molecule has 13 nitrogen and oxygen atoms in total. The number of ether oxygens (including phenoxy) is 5. The van der Waals surface area contributed by atoms with E-state index < -0.39 is 14.9 Å². The Kier molecular flexibility index (Phi) is 14.6. The van der Waals surface area contributed by atoms with E-state index in [1.54, 1.807) is 48.5 Å². The van der Waals surface area contributed by atoms with Crippen molar-refractivity contribution < 1.29 is 41.3 Å². The quantitative estimate of drug-likeness (QED) is 0.0648. The molecule has 284 valence electrons. The Hall–Kier alpha value is -4.09. The van der Waals surface area contributed by atoms with Gasteiger partial charge in [-0.2, -0.15) is 0 Å². The van der Waals surface area contributed by atoms with E-state index in [0.717, 1.165) is 6.42 Å². The molecule has 5 rings (SSSR count). The number of benzene rings is 3. The summed E-state index contributed by atoms with van der Waals surface area (Å²) in [5.41, 5.74) is 2.27. The van der Waals surface area contributed by atoms with E-state index in [4.69, 9.17) is 46.0 Å². The molecule has 0 spiro atoms. The molecule has 3 aromatic carbocycles. The topological polar surface area (TPSA) is 150 Å². The summed E-state index contributed by atoms with van der Waals surface area (Å²) >= 11 is 6.38. The molecule has 1 aliphatic rings. The molecule has 1 unspecified atom stereocenters. The van der Waals surface area contributed by atoms with Crippen molar-refractivity contribution in [1.29, 1.82) is 0 Å². The number of rotatable bonds is 19. The van der Waals surface area contributed by atoms with Crippen molar-refractivity contribution in [2.75, 3.05) is 83.3 Å². The van der Waals surface area contributed by atoms with Gasteiger partial charge in [0.2, 0.25) is 15.0 Å². The molecular formula is C36H40Cl2FN5O8S. The summed E-state index contributed by atoms with van der Waals surface area (Å²) in [7, 11) is 5.37. The van der Waals surface area contributed by atoms with E-state index >= 15 is 4.39 Å². The Balaban J connectivity index is 1.28. The first-order chi connectivity index (χ1) is 25.4. The standard InChI is InChI=1S/C36H40Cl2FN5O8S/c1-44(2)10-3-4-34(45)43-32-20-29-31(21-33(32)52-27-9-11-50-22-27)40-23-41-36(29)42-25-18-28(35(39)30(37)19-25)24-5-7-26(8-6-24)51-15-14-48-12-13-49-16-17-53(38,46)47/h3-8,18-21,23,27H,9-17,22H2,1-2H3,(H,43,45)(H,40,41,42)/b4-3+. The normalized spacial score (nSPS) is 14.6. The van der Waals surface area contributed by atoms with Crippen molar-refractivity contribution in [3.63, 3.8) is 0 Å².